The van der Waals surface area contributed by atoms with Crippen LogP contribution < -0.4 is 0 Å². The van der Waals surface area contributed by atoms with Crippen molar-refractivity contribution in [3.8, 4) is 0 Å². The minimum atomic E-state index is -1.09. The summed E-state index contributed by atoms with van der Waals surface area (Å²) < 4.78 is 0. The van der Waals surface area contributed by atoms with Gasteiger partial charge in [0.1, 0.15) is 5.60 Å². The second-order valence-corrected chi connectivity index (χ2v) is 4.63. The molecule has 0 aromatic rings. The zero-order chi connectivity index (χ0) is 11.4. The normalized spacial score (nSPS) is 23.7. The maximum atomic E-state index is 12.2. The number of rotatable bonds is 2. The molecule has 0 atom stereocenters. The maximum absolute atomic E-state index is 12.2. The first-order valence-electron chi connectivity index (χ1n) is 6.02. The highest BCUT2D eigenvalue weighted by Crippen LogP contribution is 2.31. The summed E-state index contributed by atoms with van der Waals surface area (Å²) in [6, 6.07) is 0. The molecule has 2 aliphatic carbocycles. The summed E-state index contributed by atoms with van der Waals surface area (Å²) in [6.45, 7) is 0. The molecule has 2 heteroatoms. The smallest absolute Gasteiger partial charge is 0.190 e. The molecule has 2 rings (SSSR count). The molecule has 0 aromatic heterocycles. The fourth-order valence-corrected chi connectivity index (χ4v) is 2.41. The summed E-state index contributed by atoms with van der Waals surface area (Å²) in [5.41, 5.74) is -0.356. The lowest BCUT2D eigenvalue weighted by Gasteiger charge is -2.31. The molecule has 1 saturated carbocycles. The van der Waals surface area contributed by atoms with Gasteiger partial charge in [-0.3, -0.25) is 4.79 Å². The maximum Gasteiger partial charge on any atom is 0.190 e. The number of carbonyl (C=O) groups excluding carboxylic acids is 1. The second-order valence-electron chi connectivity index (χ2n) is 4.63. The lowest BCUT2D eigenvalue weighted by Crippen LogP contribution is -2.41. The van der Waals surface area contributed by atoms with Crippen molar-refractivity contribution in [1.29, 1.82) is 0 Å². The average Bonchev–Trinajstić information content (AvgIpc) is 2.57. The summed E-state index contributed by atoms with van der Waals surface area (Å²) in [5, 5.41) is 10.3. The Bertz CT molecular complexity index is 355. The van der Waals surface area contributed by atoms with Crippen LogP contribution in [0.3, 0.4) is 0 Å². The lowest BCUT2D eigenvalue weighted by atomic mass is 9.79. The number of allylic oxidation sites excluding steroid dienone is 5. The molecule has 0 saturated heterocycles. The first kappa shape index (κ1) is 11.3. The fraction of sp³-hybridized carbons (Fsp3) is 0.500. The van der Waals surface area contributed by atoms with E-state index in [2.05, 4.69) is 0 Å². The third-order valence-corrected chi connectivity index (χ3v) is 3.39. The molecule has 0 radical (unpaired) electrons. The van der Waals surface area contributed by atoms with Crippen LogP contribution in [0.5, 0.6) is 0 Å². The first-order chi connectivity index (χ1) is 7.72. The van der Waals surface area contributed by atoms with Crippen LogP contribution in [0.1, 0.15) is 38.5 Å². The molecular formula is C14H18O2. The van der Waals surface area contributed by atoms with E-state index in [1.54, 1.807) is 0 Å². The Morgan fingerprint density at radius 1 is 1.12 bits per heavy atom. The van der Waals surface area contributed by atoms with Crippen LogP contribution in [-0.2, 0) is 4.79 Å². The van der Waals surface area contributed by atoms with Crippen LogP contribution in [0.25, 0.3) is 0 Å². The number of aliphatic hydroxyl groups is 1. The van der Waals surface area contributed by atoms with Crippen molar-refractivity contribution in [2.75, 3.05) is 0 Å². The molecule has 0 bridgehead atoms. The molecule has 1 N–H and O–H groups in total. The monoisotopic (exact) mass is 218 g/mol. The minimum Gasteiger partial charge on any atom is -0.382 e. The molecule has 16 heavy (non-hydrogen) atoms. The molecular weight excluding hydrogens is 200 g/mol. The average molecular weight is 218 g/mol. The van der Waals surface area contributed by atoms with E-state index >= 15 is 0 Å². The highest BCUT2D eigenvalue weighted by atomic mass is 16.3. The first-order valence-corrected chi connectivity index (χ1v) is 6.02. The van der Waals surface area contributed by atoms with E-state index in [9.17, 15) is 9.90 Å². The molecule has 1 fully saturated rings. The van der Waals surface area contributed by atoms with Gasteiger partial charge in [-0.25, -0.2) is 0 Å². The molecule has 2 nitrogen and oxygen atoms in total. The summed E-state index contributed by atoms with van der Waals surface area (Å²) in [5.74, 6) is -0.0663. The van der Waals surface area contributed by atoms with Crippen LogP contribution in [0, 0.1) is 0 Å². The molecule has 0 heterocycles. The van der Waals surface area contributed by atoms with E-state index < -0.39 is 5.60 Å². The largest absolute Gasteiger partial charge is 0.382 e. The molecule has 0 amide bonds. The van der Waals surface area contributed by atoms with Gasteiger partial charge in [-0.15, -0.1) is 0 Å². The number of ketones is 1. The highest BCUT2D eigenvalue weighted by Gasteiger charge is 2.37. The van der Waals surface area contributed by atoms with Crippen LogP contribution in [0.4, 0.5) is 0 Å². The van der Waals surface area contributed by atoms with Crippen molar-refractivity contribution in [2.45, 2.75) is 44.1 Å². The van der Waals surface area contributed by atoms with Crippen molar-refractivity contribution < 1.29 is 9.90 Å². The predicted molar refractivity (Wildman–Crippen MR) is 64.0 cm³/mol. The third kappa shape index (κ3) is 2.33. The van der Waals surface area contributed by atoms with Gasteiger partial charge in [-0.2, -0.15) is 0 Å². The van der Waals surface area contributed by atoms with Crippen molar-refractivity contribution in [3.63, 3.8) is 0 Å². The van der Waals surface area contributed by atoms with Gasteiger partial charge in [0.2, 0.25) is 0 Å². The quantitative estimate of drug-likeness (QED) is 0.773. The number of carbonyl (C=O) groups is 1. The Hall–Kier alpha value is -1.15. The van der Waals surface area contributed by atoms with Crippen molar-refractivity contribution >= 4 is 5.78 Å². The second kappa shape index (κ2) is 4.79. The van der Waals surface area contributed by atoms with Gasteiger partial charge >= 0.3 is 0 Å². The van der Waals surface area contributed by atoms with E-state index in [-0.39, 0.29) is 5.78 Å². The number of hydrogen-bond donors (Lipinski definition) is 1. The Kier molecular flexibility index (Phi) is 3.39. The van der Waals surface area contributed by atoms with Gasteiger partial charge in [-0.1, -0.05) is 49.6 Å². The van der Waals surface area contributed by atoms with Crippen LogP contribution in [0.15, 0.2) is 36.0 Å². The SMILES string of the molecule is O=C(C1=CC=CC=CC1)C1(O)CCCCC1. The molecule has 2 aliphatic rings. The fourth-order valence-electron chi connectivity index (χ4n) is 2.41. The van der Waals surface area contributed by atoms with Crippen molar-refractivity contribution in [2.24, 2.45) is 0 Å². The van der Waals surface area contributed by atoms with Gasteiger partial charge in [0.25, 0.3) is 0 Å². The third-order valence-electron chi connectivity index (χ3n) is 3.39. The highest BCUT2D eigenvalue weighted by molar-refractivity contribution is 6.02. The molecule has 0 unspecified atom stereocenters. The van der Waals surface area contributed by atoms with Gasteiger partial charge in [-0.05, 0) is 19.3 Å². The van der Waals surface area contributed by atoms with E-state index in [0.29, 0.717) is 19.3 Å². The Labute approximate surface area is 96.4 Å². The van der Waals surface area contributed by atoms with Gasteiger partial charge < -0.3 is 5.11 Å². The Morgan fingerprint density at radius 2 is 1.88 bits per heavy atom. The van der Waals surface area contributed by atoms with E-state index in [1.807, 2.05) is 30.4 Å². The number of Topliss-reactive ketones (excluding diaryl/α,β-unsaturated/α-hetero) is 1. The molecule has 0 spiro atoms. The van der Waals surface area contributed by atoms with Crippen molar-refractivity contribution in [1.82, 2.24) is 0 Å². The van der Waals surface area contributed by atoms with Crippen molar-refractivity contribution in [3.05, 3.63) is 36.0 Å². The Morgan fingerprint density at radius 3 is 2.62 bits per heavy atom. The molecule has 0 aliphatic heterocycles. The van der Waals surface area contributed by atoms with Gasteiger partial charge in [0, 0.05) is 5.57 Å². The summed E-state index contributed by atoms with van der Waals surface area (Å²) >= 11 is 0. The van der Waals surface area contributed by atoms with E-state index in [4.69, 9.17) is 0 Å². The molecule has 0 aromatic carbocycles. The van der Waals surface area contributed by atoms with Gasteiger partial charge in [0.05, 0.1) is 0 Å². The van der Waals surface area contributed by atoms with Gasteiger partial charge in [0.15, 0.2) is 5.78 Å². The molecule has 86 valence electrons. The number of hydrogen-bond acceptors (Lipinski definition) is 2. The van der Waals surface area contributed by atoms with E-state index in [0.717, 1.165) is 24.8 Å². The summed E-state index contributed by atoms with van der Waals surface area (Å²) in [7, 11) is 0. The topological polar surface area (TPSA) is 37.3 Å². The Balaban J connectivity index is 2.14. The summed E-state index contributed by atoms with van der Waals surface area (Å²) in [6.07, 6.45) is 14.4. The van der Waals surface area contributed by atoms with Crippen LogP contribution in [0.2, 0.25) is 0 Å². The zero-order valence-electron chi connectivity index (χ0n) is 9.48. The standard InChI is InChI=1S/C14H18O2/c15-13(12-8-4-1-2-5-9-12)14(16)10-6-3-7-11-14/h1-2,4-5,8,16H,3,6-7,9-11H2. The lowest BCUT2D eigenvalue weighted by molar-refractivity contribution is -0.136. The van der Waals surface area contributed by atoms with Crippen LogP contribution >= 0.6 is 0 Å². The summed E-state index contributed by atoms with van der Waals surface area (Å²) in [4.78, 5) is 12.2. The zero-order valence-corrected chi connectivity index (χ0v) is 9.48. The predicted octanol–water partition coefficient (Wildman–Crippen LogP) is 2.69. The van der Waals surface area contributed by atoms with E-state index in [1.165, 1.54) is 0 Å². The minimum absolute atomic E-state index is 0.0663. The van der Waals surface area contributed by atoms with Crippen LogP contribution in [-0.4, -0.2) is 16.5 Å².